The number of piperazine rings is 1. The zero-order valence-electron chi connectivity index (χ0n) is 14.5. The fourth-order valence-corrected chi connectivity index (χ4v) is 3.39. The van der Waals surface area contributed by atoms with Crippen LogP contribution in [0.2, 0.25) is 0 Å². The van der Waals surface area contributed by atoms with Crippen molar-refractivity contribution in [3.05, 3.63) is 71.3 Å². The van der Waals surface area contributed by atoms with Gasteiger partial charge in [-0.15, -0.1) is 0 Å². The molecule has 128 valence electrons. The van der Waals surface area contributed by atoms with Crippen LogP contribution in [0.4, 0.5) is 0 Å². The number of hydrogen-bond acceptors (Lipinski definition) is 3. The number of rotatable bonds is 6. The number of hydrogen-bond donors (Lipinski definition) is 2. The average molecular weight is 324 g/mol. The van der Waals surface area contributed by atoms with Gasteiger partial charge in [0.2, 0.25) is 0 Å². The Hall–Kier alpha value is -1.68. The van der Waals surface area contributed by atoms with Crippen LogP contribution in [-0.4, -0.2) is 42.7 Å². The Morgan fingerprint density at radius 2 is 1.58 bits per heavy atom. The summed E-state index contributed by atoms with van der Waals surface area (Å²) < 4.78 is 0. The largest absolute Gasteiger partial charge is 0.388 e. The quantitative estimate of drug-likeness (QED) is 0.858. The van der Waals surface area contributed by atoms with Gasteiger partial charge in [-0.1, -0.05) is 61.5 Å². The maximum absolute atomic E-state index is 10.7. The molecular formula is C21H28N2O. The van der Waals surface area contributed by atoms with E-state index in [2.05, 4.69) is 65.7 Å². The standard InChI is InChI=1S/C21H28N2O/c1-17(16-23-13-11-22-12-14-23)21(24)20-9-7-19(8-10-20)15-18-5-3-2-4-6-18/h2-10,17,21-22,24H,11-16H2,1H3. The molecule has 2 unspecified atom stereocenters. The smallest absolute Gasteiger partial charge is 0.0827 e. The Balaban J connectivity index is 1.57. The first kappa shape index (κ1) is 17.2. The summed E-state index contributed by atoms with van der Waals surface area (Å²) in [5, 5.41) is 14.0. The molecule has 0 saturated carbocycles. The van der Waals surface area contributed by atoms with Gasteiger partial charge in [0, 0.05) is 32.7 Å². The predicted molar refractivity (Wildman–Crippen MR) is 99.1 cm³/mol. The molecule has 2 atom stereocenters. The lowest BCUT2D eigenvalue weighted by Gasteiger charge is -2.31. The minimum atomic E-state index is -0.398. The second kappa shape index (κ2) is 8.43. The van der Waals surface area contributed by atoms with E-state index in [9.17, 15) is 5.11 Å². The Labute approximate surface area is 145 Å². The molecule has 0 bridgehead atoms. The lowest BCUT2D eigenvalue weighted by molar-refractivity contribution is 0.0842. The molecule has 0 amide bonds. The highest BCUT2D eigenvalue weighted by Gasteiger charge is 2.20. The number of benzene rings is 2. The molecule has 2 aromatic rings. The molecule has 1 fully saturated rings. The van der Waals surface area contributed by atoms with E-state index < -0.39 is 6.10 Å². The van der Waals surface area contributed by atoms with Gasteiger partial charge in [-0.3, -0.25) is 0 Å². The van der Waals surface area contributed by atoms with Gasteiger partial charge in [-0.2, -0.15) is 0 Å². The summed E-state index contributed by atoms with van der Waals surface area (Å²) in [7, 11) is 0. The van der Waals surface area contributed by atoms with Crippen molar-refractivity contribution in [3.63, 3.8) is 0 Å². The molecule has 1 aliphatic heterocycles. The second-order valence-electron chi connectivity index (χ2n) is 6.88. The van der Waals surface area contributed by atoms with E-state index in [1.165, 1.54) is 11.1 Å². The van der Waals surface area contributed by atoms with Gasteiger partial charge >= 0.3 is 0 Å². The van der Waals surface area contributed by atoms with Gasteiger partial charge in [0.15, 0.2) is 0 Å². The monoisotopic (exact) mass is 324 g/mol. The highest BCUT2D eigenvalue weighted by atomic mass is 16.3. The van der Waals surface area contributed by atoms with Crippen LogP contribution < -0.4 is 5.32 Å². The minimum Gasteiger partial charge on any atom is -0.388 e. The summed E-state index contributed by atoms with van der Waals surface area (Å²) in [6.45, 7) is 7.35. The van der Waals surface area contributed by atoms with Gasteiger partial charge in [-0.05, 0) is 29.0 Å². The van der Waals surface area contributed by atoms with Crippen LogP contribution >= 0.6 is 0 Å². The third-order valence-corrected chi connectivity index (χ3v) is 4.87. The molecule has 2 aromatic carbocycles. The van der Waals surface area contributed by atoms with Gasteiger partial charge in [0.05, 0.1) is 6.10 Å². The first-order chi connectivity index (χ1) is 11.7. The molecule has 2 N–H and O–H groups in total. The van der Waals surface area contributed by atoms with Crippen LogP contribution in [0.1, 0.15) is 29.7 Å². The van der Waals surface area contributed by atoms with Crippen LogP contribution in [0.5, 0.6) is 0 Å². The fraction of sp³-hybridized carbons (Fsp3) is 0.429. The summed E-state index contributed by atoms with van der Waals surface area (Å²) >= 11 is 0. The van der Waals surface area contributed by atoms with Gasteiger partial charge < -0.3 is 15.3 Å². The summed E-state index contributed by atoms with van der Waals surface area (Å²) in [6, 6.07) is 18.9. The summed E-state index contributed by atoms with van der Waals surface area (Å²) in [6.07, 6.45) is 0.541. The number of nitrogens with zero attached hydrogens (tertiary/aromatic N) is 1. The maximum Gasteiger partial charge on any atom is 0.0827 e. The number of aliphatic hydroxyl groups excluding tert-OH is 1. The van der Waals surface area contributed by atoms with Crippen molar-refractivity contribution in [1.82, 2.24) is 10.2 Å². The van der Waals surface area contributed by atoms with E-state index in [1.807, 2.05) is 6.07 Å². The van der Waals surface area contributed by atoms with Crippen molar-refractivity contribution in [2.24, 2.45) is 5.92 Å². The lowest BCUT2D eigenvalue weighted by Crippen LogP contribution is -2.45. The molecule has 0 aliphatic carbocycles. The van der Waals surface area contributed by atoms with Crippen molar-refractivity contribution in [2.75, 3.05) is 32.7 Å². The average Bonchev–Trinajstić information content (AvgIpc) is 2.63. The Morgan fingerprint density at radius 3 is 2.25 bits per heavy atom. The highest BCUT2D eigenvalue weighted by molar-refractivity contribution is 5.29. The van der Waals surface area contributed by atoms with Crippen molar-refractivity contribution in [3.8, 4) is 0 Å². The topological polar surface area (TPSA) is 35.5 Å². The van der Waals surface area contributed by atoms with Crippen LogP contribution in [-0.2, 0) is 6.42 Å². The molecule has 1 aliphatic rings. The van der Waals surface area contributed by atoms with E-state index in [-0.39, 0.29) is 5.92 Å². The first-order valence-electron chi connectivity index (χ1n) is 8.96. The normalized spacial score (nSPS) is 18.2. The van der Waals surface area contributed by atoms with Crippen LogP contribution in [0, 0.1) is 5.92 Å². The Bertz CT molecular complexity index is 605. The SMILES string of the molecule is CC(CN1CCNCC1)C(O)c1ccc(Cc2ccccc2)cc1. The van der Waals surface area contributed by atoms with E-state index in [4.69, 9.17) is 0 Å². The molecule has 1 heterocycles. The zero-order valence-corrected chi connectivity index (χ0v) is 14.5. The number of nitrogens with one attached hydrogen (secondary N) is 1. The van der Waals surface area contributed by atoms with E-state index >= 15 is 0 Å². The van der Waals surface area contributed by atoms with Gasteiger partial charge in [0.1, 0.15) is 0 Å². The molecule has 3 rings (SSSR count). The maximum atomic E-state index is 10.7. The fourth-order valence-electron chi connectivity index (χ4n) is 3.39. The zero-order chi connectivity index (χ0) is 16.8. The van der Waals surface area contributed by atoms with Crippen molar-refractivity contribution in [1.29, 1.82) is 0 Å². The van der Waals surface area contributed by atoms with Gasteiger partial charge in [0.25, 0.3) is 0 Å². The van der Waals surface area contributed by atoms with E-state index in [0.717, 1.165) is 44.7 Å². The third-order valence-electron chi connectivity index (χ3n) is 4.87. The summed E-state index contributed by atoms with van der Waals surface area (Å²) in [4.78, 5) is 2.44. The Morgan fingerprint density at radius 1 is 0.958 bits per heavy atom. The Kier molecular flexibility index (Phi) is 6.02. The lowest BCUT2D eigenvalue weighted by atomic mass is 9.95. The predicted octanol–water partition coefficient (Wildman–Crippen LogP) is 2.85. The number of aliphatic hydroxyl groups is 1. The molecule has 24 heavy (non-hydrogen) atoms. The van der Waals surface area contributed by atoms with Crippen LogP contribution in [0.15, 0.2) is 54.6 Å². The van der Waals surface area contributed by atoms with Crippen molar-refractivity contribution >= 4 is 0 Å². The third kappa shape index (κ3) is 4.67. The molecule has 0 spiro atoms. The van der Waals surface area contributed by atoms with E-state index in [1.54, 1.807) is 0 Å². The van der Waals surface area contributed by atoms with Crippen LogP contribution in [0.3, 0.4) is 0 Å². The van der Waals surface area contributed by atoms with Crippen LogP contribution in [0.25, 0.3) is 0 Å². The summed E-state index contributed by atoms with van der Waals surface area (Å²) in [5.41, 5.74) is 3.62. The molecule has 3 nitrogen and oxygen atoms in total. The molecule has 0 aromatic heterocycles. The first-order valence-corrected chi connectivity index (χ1v) is 8.96. The summed E-state index contributed by atoms with van der Waals surface area (Å²) in [5.74, 6) is 0.239. The van der Waals surface area contributed by atoms with Crippen molar-refractivity contribution in [2.45, 2.75) is 19.4 Å². The molecule has 3 heteroatoms. The molecule has 1 saturated heterocycles. The molecular weight excluding hydrogens is 296 g/mol. The van der Waals surface area contributed by atoms with Crippen molar-refractivity contribution < 1.29 is 5.11 Å². The van der Waals surface area contributed by atoms with E-state index in [0.29, 0.717) is 0 Å². The van der Waals surface area contributed by atoms with Gasteiger partial charge in [-0.25, -0.2) is 0 Å². The minimum absolute atomic E-state index is 0.239. The molecule has 0 radical (unpaired) electrons. The highest BCUT2D eigenvalue weighted by Crippen LogP contribution is 2.23. The second-order valence-corrected chi connectivity index (χ2v) is 6.88.